The van der Waals surface area contributed by atoms with E-state index in [1.165, 1.54) is 11.3 Å². The van der Waals surface area contributed by atoms with Crippen LogP contribution >= 0.6 is 38.9 Å². The third-order valence-corrected chi connectivity index (χ3v) is 7.32. The van der Waals surface area contributed by atoms with Gasteiger partial charge >= 0.3 is 0 Å². The van der Waals surface area contributed by atoms with Crippen molar-refractivity contribution in [3.8, 4) is 5.75 Å². The van der Waals surface area contributed by atoms with Crippen LogP contribution in [-0.4, -0.2) is 35.5 Å². The monoisotopic (exact) mass is 490 g/mol. The predicted molar refractivity (Wildman–Crippen MR) is 117 cm³/mol. The van der Waals surface area contributed by atoms with E-state index in [0.29, 0.717) is 47.1 Å². The van der Waals surface area contributed by atoms with Crippen molar-refractivity contribution in [2.75, 3.05) is 13.1 Å². The second kappa shape index (κ2) is 7.00. The molecule has 1 N–H and O–H groups in total. The fourth-order valence-corrected chi connectivity index (χ4v) is 5.57. The zero-order valence-electron chi connectivity index (χ0n) is 15.2. The number of amides is 2. The van der Waals surface area contributed by atoms with Crippen molar-refractivity contribution in [1.82, 2.24) is 10.2 Å². The maximum absolute atomic E-state index is 13.0. The number of nitrogens with zero attached hydrogens (tertiary/aromatic N) is 1. The van der Waals surface area contributed by atoms with Crippen LogP contribution in [0.4, 0.5) is 0 Å². The minimum atomic E-state index is -0.766. The topological polar surface area (TPSA) is 58.6 Å². The Balaban J connectivity index is 1.33. The minimum Gasteiger partial charge on any atom is -0.467 e. The van der Waals surface area contributed by atoms with E-state index in [4.69, 9.17) is 16.3 Å². The molecule has 5 rings (SSSR count). The summed E-state index contributed by atoms with van der Waals surface area (Å²) < 4.78 is 8.01. The van der Waals surface area contributed by atoms with Gasteiger partial charge in [-0.1, -0.05) is 33.6 Å². The first-order valence-electron chi connectivity index (χ1n) is 9.23. The van der Waals surface area contributed by atoms with Crippen molar-refractivity contribution in [3.05, 3.63) is 62.4 Å². The summed E-state index contributed by atoms with van der Waals surface area (Å²) in [6, 6.07) is 13.0. The molecule has 2 amide bonds. The van der Waals surface area contributed by atoms with Crippen molar-refractivity contribution in [1.29, 1.82) is 0 Å². The van der Waals surface area contributed by atoms with Crippen molar-refractivity contribution in [3.63, 3.8) is 0 Å². The number of thiophene rings is 1. The average Bonchev–Trinajstić information content (AvgIpc) is 3.15. The Bertz CT molecular complexity index is 1150. The molecule has 1 aromatic heterocycles. The molecule has 3 heterocycles. The van der Waals surface area contributed by atoms with Gasteiger partial charge in [0, 0.05) is 45.5 Å². The van der Waals surface area contributed by atoms with Crippen LogP contribution in [-0.2, 0) is 0 Å². The summed E-state index contributed by atoms with van der Waals surface area (Å²) in [6.45, 7) is 1.01. The Hall–Kier alpha value is -2.09. The van der Waals surface area contributed by atoms with E-state index >= 15 is 0 Å². The quantitative estimate of drug-likeness (QED) is 0.517. The molecule has 0 saturated carbocycles. The van der Waals surface area contributed by atoms with Crippen LogP contribution in [0, 0.1) is 0 Å². The van der Waals surface area contributed by atoms with Crippen molar-refractivity contribution < 1.29 is 14.3 Å². The summed E-state index contributed by atoms with van der Waals surface area (Å²) in [4.78, 5) is 28.1. The number of piperidine rings is 1. The van der Waals surface area contributed by atoms with E-state index in [9.17, 15) is 9.59 Å². The third-order valence-electron chi connectivity index (χ3n) is 5.41. The van der Waals surface area contributed by atoms with Gasteiger partial charge in [0.1, 0.15) is 5.75 Å². The van der Waals surface area contributed by atoms with Crippen LogP contribution in [0.15, 0.2) is 46.9 Å². The molecule has 2 aromatic carbocycles. The lowest BCUT2D eigenvalue weighted by atomic mass is 9.96. The van der Waals surface area contributed by atoms with Gasteiger partial charge in [-0.2, -0.15) is 0 Å². The molecule has 5 nitrogen and oxygen atoms in total. The van der Waals surface area contributed by atoms with Crippen molar-refractivity contribution in [2.45, 2.75) is 18.6 Å². The maximum atomic E-state index is 13.0. The number of carbonyl (C=O) groups excluding carboxylic acids is 2. The smallest absolute Gasteiger partial charge is 0.263 e. The molecule has 2 aliphatic rings. The number of fused-ring (bicyclic) bond motifs is 2. The number of carbonyl (C=O) groups is 2. The molecule has 1 saturated heterocycles. The normalized spacial score (nSPS) is 17.7. The Kier molecular flexibility index (Phi) is 4.57. The van der Waals surface area contributed by atoms with E-state index < -0.39 is 5.72 Å². The second-order valence-corrected chi connectivity index (χ2v) is 9.65. The largest absolute Gasteiger partial charge is 0.467 e. The standard InChI is InChI=1S/C21H16BrClN2O3S/c22-12-4-5-16-14(10-12)19(26)24-21(28-16)6-8-25(9-7-21)20(27)18-11-13-15(23)2-1-3-17(13)29-18/h1-5,10-11H,6-9H2,(H,24,26). The molecule has 3 aromatic rings. The van der Waals surface area contributed by atoms with Gasteiger partial charge in [0.15, 0.2) is 5.72 Å². The number of nitrogens with one attached hydrogen (secondary N) is 1. The predicted octanol–water partition coefficient (Wildman–Crippen LogP) is 5.07. The van der Waals surface area contributed by atoms with Crippen LogP contribution in [0.2, 0.25) is 5.02 Å². The van der Waals surface area contributed by atoms with Crippen LogP contribution in [0.3, 0.4) is 0 Å². The van der Waals surface area contributed by atoms with E-state index in [1.54, 1.807) is 12.1 Å². The lowest BCUT2D eigenvalue weighted by molar-refractivity contribution is -0.0244. The zero-order chi connectivity index (χ0) is 20.2. The highest BCUT2D eigenvalue weighted by Gasteiger charge is 2.43. The molecule has 29 heavy (non-hydrogen) atoms. The van der Waals surface area contributed by atoms with Gasteiger partial charge in [0.05, 0.1) is 10.4 Å². The van der Waals surface area contributed by atoms with Gasteiger partial charge < -0.3 is 15.0 Å². The lowest BCUT2D eigenvalue weighted by Crippen LogP contribution is -2.61. The molecule has 0 radical (unpaired) electrons. The summed E-state index contributed by atoms with van der Waals surface area (Å²) in [6.07, 6.45) is 1.07. The number of halogens is 2. The molecule has 2 aliphatic heterocycles. The Morgan fingerprint density at radius 3 is 2.76 bits per heavy atom. The summed E-state index contributed by atoms with van der Waals surface area (Å²) in [5.74, 6) is 0.422. The van der Waals surface area contributed by atoms with Gasteiger partial charge in [0.25, 0.3) is 11.8 Å². The molecule has 0 bridgehead atoms. The number of ether oxygens (including phenoxy) is 1. The number of rotatable bonds is 1. The fraction of sp³-hybridized carbons (Fsp3) is 0.238. The van der Waals surface area contributed by atoms with E-state index in [0.717, 1.165) is 14.6 Å². The highest BCUT2D eigenvalue weighted by molar-refractivity contribution is 9.10. The minimum absolute atomic E-state index is 0.0106. The number of benzene rings is 2. The lowest BCUT2D eigenvalue weighted by Gasteiger charge is -2.44. The van der Waals surface area contributed by atoms with Gasteiger partial charge in [-0.25, -0.2) is 0 Å². The molecular weight excluding hydrogens is 476 g/mol. The molecule has 0 unspecified atom stereocenters. The average molecular weight is 492 g/mol. The summed E-state index contributed by atoms with van der Waals surface area (Å²) >= 11 is 11.1. The van der Waals surface area contributed by atoms with Crippen molar-refractivity contribution >= 4 is 60.8 Å². The molecule has 1 fully saturated rings. The Labute approximate surface area is 184 Å². The number of hydrogen-bond donors (Lipinski definition) is 1. The van der Waals surface area contributed by atoms with E-state index in [1.807, 2.05) is 35.2 Å². The Morgan fingerprint density at radius 1 is 1.21 bits per heavy atom. The zero-order valence-corrected chi connectivity index (χ0v) is 18.4. The molecular formula is C21H16BrClN2O3S. The Morgan fingerprint density at radius 2 is 2.00 bits per heavy atom. The number of likely N-dealkylation sites (tertiary alicyclic amines) is 1. The molecule has 1 spiro atoms. The van der Waals surface area contributed by atoms with Crippen LogP contribution in [0.5, 0.6) is 5.75 Å². The van der Waals surface area contributed by atoms with Gasteiger partial charge in [-0.05, 0) is 36.4 Å². The second-order valence-electron chi connectivity index (χ2n) is 7.25. The molecule has 8 heteroatoms. The fourth-order valence-electron chi connectivity index (χ4n) is 3.86. The summed E-state index contributed by atoms with van der Waals surface area (Å²) in [5.41, 5.74) is -0.247. The maximum Gasteiger partial charge on any atom is 0.263 e. The van der Waals surface area contributed by atoms with Crippen LogP contribution in [0.25, 0.3) is 10.1 Å². The first-order chi connectivity index (χ1) is 13.9. The highest BCUT2D eigenvalue weighted by Crippen LogP contribution is 2.36. The van der Waals surface area contributed by atoms with Crippen LogP contribution < -0.4 is 10.1 Å². The number of hydrogen-bond acceptors (Lipinski definition) is 4. The SMILES string of the molecule is O=C1NC2(CCN(C(=O)c3cc4c(Cl)cccc4s3)CC2)Oc2ccc(Br)cc21. The van der Waals surface area contributed by atoms with E-state index in [2.05, 4.69) is 21.2 Å². The van der Waals surface area contributed by atoms with Gasteiger partial charge in [-0.15, -0.1) is 11.3 Å². The summed E-state index contributed by atoms with van der Waals surface area (Å²) in [5, 5.41) is 4.56. The van der Waals surface area contributed by atoms with Gasteiger partial charge in [-0.3, -0.25) is 9.59 Å². The first-order valence-corrected chi connectivity index (χ1v) is 11.2. The molecule has 0 aliphatic carbocycles. The molecule has 148 valence electrons. The van der Waals surface area contributed by atoms with Crippen molar-refractivity contribution in [2.24, 2.45) is 0 Å². The first kappa shape index (κ1) is 18.9. The summed E-state index contributed by atoms with van der Waals surface area (Å²) in [7, 11) is 0. The molecule has 0 atom stereocenters. The van der Waals surface area contributed by atoms with Crippen LogP contribution in [0.1, 0.15) is 32.9 Å². The van der Waals surface area contributed by atoms with Gasteiger partial charge in [0.2, 0.25) is 0 Å². The van der Waals surface area contributed by atoms with E-state index in [-0.39, 0.29) is 11.8 Å². The highest BCUT2D eigenvalue weighted by atomic mass is 79.9. The third kappa shape index (κ3) is 3.31.